The maximum absolute atomic E-state index is 12.9. The summed E-state index contributed by atoms with van der Waals surface area (Å²) in [6.45, 7) is 0.718. The van der Waals surface area contributed by atoms with Gasteiger partial charge in [0.1, 0.15) is 0 Å². The molecule has 3 aromatic rings. The Morgan fingerprint density at radius 1 is 0.966 bits per heavy atom. The van der Waals surface area contributed by atoms with Gasteiger partial charge in [-0.25, -0.2) is 0 Å². The predicted octanol–water partition coefficient (Wildman–Crippen LogP) is 3.27. The number of pyridine rings is 1. The van der Waals surface area contributed by atoms with Gasteiger partial charge in [-0.15, -0.1) is 0 Å². The fraction of sp³-hybridized carbons (Fsp3) is 0.217. The molecule has 29 heavy (non-hydrogen) atoms. The van der Waals surface area contributed by atoms with Gasteiger partial charge in [0, 0.05) is 55.5 Å². The summed E-state index contributed by atoms with van der Waals surface area (Å²) in [7, 11) is 1.75. The van der Waals surface area contributed by atoms with Crippen molar-refractivity contribution in [2.45, 2.75) is 19.4 Å². The van der Waals surface area contributed by atoms with Gasteiger partial charge >= 0.3 is 0 Å². The van der Waals surface area contributed by atoms with Crippen LogP contribution >= 0.6 is 0 Å². The van der Waals surface area contributed by atoms with E-state index in [4.69, 9.17) is 0 Å². The second-order valence-corrected chi connectivity index (χ2v) is 7.18. The van der Waals surface area contributed by atoms with Crippen LogP contribution in [0.4, 0.5) is 0 Å². The highest BCUT2D eigenvalue weighted by atomic mass is 16.2. The third kappa shape index (κ3) is 3.61. The normalized spacial score (nSPS) is 13.1. The van der Waals surface area contributed by atoms with Gasteiger partial charge in [-0.2, -0.15) is 0 Å². The smallest absolute Gasteiger partial charge is 0.261 e. The molecule has 0 fully saturated rings. The van der Waals surface area contributed by atoms with Gasteiger partial charge < -0.3 is 4.90 Å². The summed E-state index contributed by atoms with van der Waals surface area (Å²) in [5.41, 5.74) is 2.08. The van der Waals surface area contributed by atoms with Crippen LogP contribution in [-0.4, -0.2) is 46.1 Å². The molecule has 0 N–H and O–H groups in total. The highest BCUT2D eigenvalue weighted by molar-refractivity contribution is 6.25. The van der Waals surface area contributed by atoms with Crippen LogP contribution in [0.15, 0.2) is 60.9 Å². The van der Waals surface area contributed by atoms with Gasteiger partial charge in [0.25, 0.3) is 11.8 Å². The van der Waals surface area contributed by atoms with Crippen molar-refractivity contribution >= 4 is 28.5 Å². The zero-order chi connectivity index (χ0) is 20.4. The van der Waals surface area contributed by atoms with E-state index in [1.165, 1.54) is 4.90 Å². The number of nitrogens with zero attached hydrogens (tertiary/aromatic N) is 3. The lowest BCUT2D eigenvalue weighted by atomic mass is 9.94. The average molecular weight is 387 g/mol. The van der Waals surface area contributed by atoms with Crippen LogP contribution in [-0.2, 0) is 11.3 Å². The summed E-state index contributed by atoms with van der Waals surface area (Å²) < 4.78 is 0. The lowest BCUT2D eigenvalue weighted by molar-refractivity contribution is -0.130. The molecule has 1 aliphatic heterocycles. The van der Waals surface area contributed by atoms with Gasteiger partial charge in [-0.1, -0.05) is 24.3 Å². The zero-order valence-electron chi connectivity index (χ0n) is 16.2. The summed E-state index contributed by atoms with van der Waals surface area (Å²) in [5.74, 6) is -0.616. The number of amides is 3. The summed E-state index contributed by atoms with van der Waals surface area (Å²) in [6, 6.07) is 14.7. The Labute approximate surface area is 168 Å². The molecular formula is C23H21N3O3. The summed E-state index contributed by atoms with van der Waals surface area (Å²) in [6.07, 6.45) is 4.08. The van der Waals surface area contributed by atoms with Crippen molar-refractivity contribution in [1.82, 2.24) is 14.8 Å². The third-order valence-corrected chi connectivity index (χ3v) is 5.22. The topological polar surface area (TPSA) is 70.6 Å². The lowest BCUT2D eigenvalue weighted by Gasteiger charge is -2.27. The second-order valence-electron chi connectivity index (χ2n) is 7.18. The predicted molar refractivity (Wildman–Crippen MR) is 109 cm³/mol. The lowest BCUT2D eigenvalue weighted by Crippen LogP contribution is -2.41. The Kier molecular flexibility index (Phi) is 5.08. The van der Waals surface area contributed by atoms with Crippen molar-refractivity contribution in [1.29, 1.82) is 0 Å². The first-order valence-electron chi connectivity index (χ1n) is 9.57. The number of benzene rings is 2. The van der Waals surface area contributed by atoms with Crippen LogP contribution in [0.5, 0.6) is 0 Å². The van der Waals surface area contributed by atoms with Crippen molar-refractivity contribution in [3.05, 3.63) is 77.6 Å². The van der Waals surface area contributed by atoms with Crippen LogP contribution in [0.25, 0.3) is 10.8 Å². The van der Waals surface area contributed by atoms with Gasteiger partial charge in [-0.05, 0) is 41.6 Å². The fourth-order valence-electron chi connectivity index (χ4n) is 3.71. The Bertz CT molecular complexity index is 1040. The fourth-order valence-corrected chi connectivity index (χ4v) is 3.71. The minimum atomic E-state index is -0.295. The molecule has 0 aliphatic carbocycles. The minimum absolute atomic E-state index is 0.0266. The maximum atomic E-state index is 12.9. The molecule has 6 heteroatoms. The van der Waals surface area contributed by atoms with E-state index in [0.717, 1.165) is 16.3 Å². The Balaban J connectivity index is 1.41. The molecule has 1 aliphatic rings. The van der Waals surface area contributed by atoms with E-state index >= 15 is 0 Å². The van der Waals surface area contributed by atoms with Crippen LogP contribution < -0.4 is 0 Å². The SMILES string of the molecule is CN(Cc1ccncc1)C(=O)CCCN1C(=O)c2cccc3cccc(c23)C1=O. The molecule has 0 atom stereocenters. The number of hydrogen-bond acceptors (Lipinski definition) is 4. The quantitative estimate of drug-likeness (QED) is 0.609. The first-order chi connectivity index (χ1) is 14.1. The van der Waals surface area contributed by atoms with Crippen LogP contribution in [0.2, 0.25) is 0 Å². The highest BCUT2D eigenvalue weighted by Gasteiger charge is 2.32. The summed E-state index contributed by atoms with van der Waals surface area (Å²) in [5, 5.41) is 1.60. The minimum Gasteiger partial charge on any atom is -0.341 e. The highest BCUT2D eigenvalue weighted by Crippen LogP contribution is 2.30. The Morgan fingerprint density at radius 3 is 2.21 bits per heavy atom. The Hall–Kier alpha value is -3.54. The van der Waals surface area contributed by atoms with Gasteiger partial charge in [-0.3, -0.25) is 24.3 Å². The first kappa shape index (κ1) is 18.8. The van der Waals surface area contributed by atoms with Gasteiger partial charge in [0.05, 0.1) is 0 Å². The standard InChI is InChI=1S/C23H21N3O3/c1-25(15-16-10-12-24-13-11-16)20(27)9-4-14-26-22(28)18-7-2-5-17-6-3-8-19(21(17)18)23(26)29/h2-3,5-8,10-13H,4,9,14-15H2,1H3. The van der Waals surface area contributed by atoms with Crippen LogP contribution in [0.3, 0.4) is 0 Å². The van der Waals surface area contributed by atoms with Crippen molar-refractivity contribution in [2.24, 2.45) is 0 Å². The van der Waals surface area contributed by atoms with Gasteiger partial charge in [0.2, 0.25) is 5.91 Å². The molecule has 2 aromatic carbocycles. The molecule has 0 spiro atoms. The van der Waals surface area contributed by atoms with Crippen molar-refractivity contribution in [3.63, 3.8) is 0 Å². The Morgan fingerprint density at radius 2 is 1.59 bits per heavy atom. The van der Waals surface area contributed by atoms with E-state index < -0.39 is 0 Å². The third-order valence-electron chi connectivity index (χ3n) is 5.22. The number of rotatable bonds is 6. The van der Waals surface area contributed by atoms with Crippen LogP contribution in [0, 0.1) is 0 Å². The van der Waals surface area contributed by atoms with E-state index in [-0.39, 0.29) is 30.7 Å². The van der Waals surface area contributed by atoms with E-state index in [1.807, 2.05) is 36.4 Å². The summed E-state index contributed by atoms with van der Waals surface area (Å²) >= 11 is 0. The van der Waals surface area contributed by atoms with Crippen LogP contribution in [0.1, 0.15) is 39.1 Å². The molecule has 6 nitrogen and oxygen atoms in total. The molecule has 0 saturated carbocycles. The molecule has 4 rings (SSSR count). The van der Waals surface area contributed by atoms with E-state index in [2.05, 4.69) is 4.98 Å². The number of carbonyl (C=O) groups is 3. The molecule has 0 saturated heterocycles. The first-order valence-corrected chi connectivity index (χ1v) is 9.57. The van der Waals surface area contributed by atoms with Crippen molar-refractivity contribution in [3.8, 4) is 0 Å². The summed E-state index contributed by atoms with van der Waals surface area (Å²) in [4.78, 5) is 45.0. The second kappa shape index (κ2) is 7.83. The molecular weight excluding hydrogens is 366 g/mol. The van der Waals surface area contributed by atoms with Crippen molar-refractivity contribution in [2.75, 3.05) is 13.6 Å². The number of carbonyl (C=O) groups excluding carboxylic acids is 3. The molecule has 2 heterocycles. The van der Waals surface area contributed by atoms with Crippen molar-refractivity contribution < 1.29 is 14.4 Å². The number of imide groups is 1. The monoisotopic (exact) mass is 387 g/mol. The van der Waals surface area contributed by atoms with Gasteiger partial charge in [0.15, 0.2) is 0 Å². The maximum Gasteiger partial charge on any atom is 0.261 e. The molecule has 1 aromatic heterocycles. The molecule has 0 bridgehead atoms. The average Bonchev–Trinajstić information content (AvgIpc) is 2.74. The van der Waals surface area contributed by atoms with E-state index in [9.17, 15) is 14.4 Å². The molecule has 146 valence electrons. The molecule has 3 amide bonds. The molecule has 0 radical (unpaired) electrons. The zero-order valence-corrected chi connectivity index (χ0v) is 16.2. The van der Waals surface area contributed by atoms with E-state index in [0.29, 0.717) is 24.1 Å². The number of aromatic nitrogens is 1. The number of hydrogen-bond donors (Lipinski definition) is 0. The molecule has 0 unspecified atom stereocenters. The largest absolute Gasteiger partial charge is 0.341 e. The van der Waals surface area contributed by atoms with E-state index in [1.54, 1.807) is 36.5 Å².